The Balaban J connectivity index is 1.68. The average Bonchev–Trinajstić information content (AvgIpc) is 3.48. The molecule has 3 heterocycles. The highest BCUT2D eigenvalue weighted by atomic mass is 16.7. The Hall–Kier alpha value is -3.39. The second-order valence-electron chi connectivity index (χ2n) is 11.4. The third-order valence-electron chi connectivity index (χ3n) is 7.82. The number of aliphatic carboxylic acids is 1. The summed E-state index contributed by atoms with van der Waals surface area (Å²) in [6.45, 7) is 9.75. The van der Waals surface area contributed by atoms with Crippen molar-refractivity contribution in [2.24, 2.45) is 18.4 Å². The summed E-state index contributed by atoms with van der Waals surface area (Å²) in [5.41, 5.74) is 1.52. The van der Waals surface area contributed by atoms with E-state index in [1.807, 2.05) is 72.2 Å². The third kappa shape index (κ3) is 6.61. The van der Waals surface area contributed by atoms with Crippen LogP contribution in [-0.4, -0.2) is 54.4 Å². The molecular weight excluding hydrogens is 494 g/mol. The van der Waals surface area contributed by atoms with Crippen molar-refractivity contribution in [3.63, 3.8) is 0 Å². The number of hydrogen-bond donors (Lipinski definition) is 1. The summed E-state index contributed by atoms with van der Waals surface area (Å²) in [5.74, 6) is -0.495. The van der Waals surface area contributed by atoms with Gasteiger partial charge in [-0.15, -0.1) is 0 Å². The number of amides is 1. The zero-order valence-corrected chi connectivity index (χ0v) is 23.8. The minimum Gasteiger partial charge on any atom is -0.481 e. The quantitative estimate of drug-likeness (QED) is 0.336. The van der Waals surface area contributed by atoms with E-state index < -0.39 is 11.9 Å². The summed E-state index contributed by atoms with van der Waals surface area (Å²) in [6.07, 6.45) is 10.5. The molecule has 1 fully saturated rings. The number of carbonyl (C=O) groups excluding carboxylic acids is 1. The molecule has 39 heavy (non-hydrogen) atoms. The lowest BCUT2D eigenvalue weighted by Gasteiger charge is -2.33. The number of pyridine rings is 1. The lowest BCUT2D eigenvalue weighted by Crippen LogP contribution is -2.46. The van der Waals surface area contributed by atoms with E-state index in [2.05, 4.69) is 31.7 Å². The number of nitrogens with zero attached hydrogens (tertiary/aromatic N) is 3. The number of aromatic nitrogens is 1. The Labute approximate surface area is 231 Å². The first-order chi connectivity index (χ1) is 18.6. The van der Waals surface area contributed by atoms with Crippen molar-refractivity contribution in [2.75, 3.05) is 31.3 Å². The highest BCUT2D eigenvalue weighted by Crippen LogP contribution is 2.45. The molecule has 4 rings (SSSR count). The van der Waals surface area contributed by atoms with Gasteiger partial charge in [-0.2, -0.15) is 0 Å². The molecular formula is C31H42N3O5+. The standard InChI is InChI=1S/C31H41N3O5/c1-6-8-15-34(23-10-9-14-32(5)18-23)28(35)20-33-19-24(22-11-12-26-27(16-22)39-21-38-26)29(30(36)37)25(33)17-31(3,4)13-7-2/h7,9-14,16,18,24-25,29H,6,8,15,17,19-21H2,1-5H3/p+1/t24-,25+,29?/m1/s1. The molecule has 1 aromatic heterocycles. The van der Waals surface area contributed by atoms with Crippen LogP contribution in [0.5, 0.6) is 11.5 Å². The Bertz CT molecular complexity index is 1210. The van der Waals surface area contributed by atoms with Gasteiger partial charge in [0.15, 0.2) is 23.9 Å². The number of hydrogen-bond acceptors (Lipinski definition) is 5. The Morgan fingerprint density at radius 1 is 1.23 bits per heavy atom. The highest BCUT2D eigenvalue weighted by molar-refractivity contribution is 5.94. The van der Waals surface area contributed by atoms with E-state index in [0.29, 0.717) is 31.0 Å². The van der Waals surface area contributed by atoms with Gasteiger partial charge in [0.05, 0.1) is 12.5 Å². The molecule has 0 aliphatic carbocycles. The molecule has 8 nitrogen and oxygen atoms in total. The number of carbonyl (C=O) groups is 2. The Kier molecular flexibility index (Phi) is 8.95. The smallest absolute Gasteiger partial charge is 0.308 e. The van der Waals surface area contributed by atoms with E-state index in [1.54, 1.807) is 0 Å². The Morgan fingerprint density at radius 3 is 2.69 bits per heavy atom. The molecule has 2 aromatic rings. The number of rotatable bonds is 11. The molecule has 1 amide bonds. The van der Waals surface area contributed by atoms with Gasteiger partial charge in [0, 0.05) is 31.1 Å². The fraction of sp³-hybridized carbons (Fsp3) is 0.516. The van der Waals surface area contributed by atoms with Crippen LogP contribution in [-0.2, 0) is 16.6 Å². The number of fused-ring (bicyclic) bond motifs is 1. The van der Waals surface area contributed by atoms with Gasteiger partial charge >= 0.3 is 5.97 Å². The van der Waals surface area contributed by atoms with E-state index >= 15 is 0 Å². The molecule has 0 saturated carbocycles. The first-order valence-corrected chi connectivity index (χ1v) is 13.9. The second-order valence-corrected chi connectivity index (χ2v) is 11.4. The van der Waals surface area contributed by atoms with E-state index in [0.717, 1.165) is 24.1 Å². The van der Waals surface area contributed by atoms with Gasteiger partial charge in [-0.05, 0) is 48.9 Å². The highest BCUT2D eigenvalue weighted by Gasteiger charge is 2.48. The van der Waals surface area contributed by atoms with Crippen molar-refractivity contribution in [3.8, 4) is 11.5 Å². The molecule has 0 spiro atoms. The van der Waals surface area contributed by atoms with Gasteiger partial charge in [0.25, 0.3) is 0 Å². The number of aryl methyl sites for hydroxylation is 1. The predicted octanol–water partition coefficient (Wildman–Crippen LogP) is 4.53. The van der Waals surface area contributed by atoms with E-state index in [1.165, 1.54) is 0 Å². The van der Waals surface area contributed by atoms with E-state index in [4.69, 9.17) is 9.47 Å². The number of carboxylic acids is 1. The molecule has 1 saturated heterocycles. The van der Waals surface area contributed by atoms with Crippen molar-refractivity contribution in [3.05, 3.63) is 60.4 Å². The van der Waals surface area contributed by atoms with Crippen LogP contribution in [0.25, 0.3) is 0 Å². The van der Waals surface area contributed by atoms with Crippen LogP contribution < -0.4 is 18.9 Å². The summed E-state index contributed by atoms with van der Waals surface area (Å²) >= 11 is 0. The zero-order chi connectivity index (χ0) is 28.2. The van der Waals surface area contributed by atoms with Crippen LogP contribution in [0.3, 0.4) is 0 Å². The average molecular weight is 537 g/mol. The third-order valence-corrected chi connectivity index (χ3v) is 7.82. The van der Waals surface area contributed by atoms with Crippen LogP contribution >= 0.6 is 0 Å². The maximum absolute atomic E-state index is 13.9. The topological polar surface area (TPSA) is 83.2 Å². The number of carboxylic acid groups (broad SMARTS) is 1. The van der Waals surface area contributed by atoms with Crippen LogP contribution in [0.15, 0.2) is 54.9 Å². The number of anilines is 1. The van der Waals surface area contributed by atoms with E-state index in [-0.39, 0.29) is 36.6 Å². The number of unbranched alkanes of at least 4 members (excludes halogenated alkanes) is 1. The molecule has 1 unspecified atom stereocenters. The normalized spacial score (nSPS) is 21.0. The summed E-state index contributed by atoms with van der Waals surface area (Å²) in [5, 5.41) is 10.5. The second kappa shape index (κ2) is 12.2. The van der Waals surface area contributed by atoms with Crippen LogP contribution in [0.2, 0.25) is 0 Å². The van der Waals surface area contributed by atoms with Gasteiger partial charge in [0.2, 0.25) is 12.7 Å². The predicted molar refractivity (Wildman–Crippen MR) is 150 cm³/mol. The van der Waals surface area contributed by atoms with Crippen molar-refractivity contribution in [2.45, 2.75) is 58.9 Å². The summed E-state index contributed by atoms with van der Waals surface area (Å²) in [7, 11) is 1.94. The van der Waals surface area contributed by atoms with Crippen molar-refractivity contribution < 1.29 is 28.7 Å². The molecule has 210 valence electrons. The summed E-state index contributed by atoms with van der Waals surface area (Å²) < 4.78 is 13.0. The lowest BCUT2D eigenvalue weighted by atomic mass is 9.77. The molecule has 1 aromatic carbocycles. The Morgan fingerprint density at radius 2 is 2.00 bits per heavy atom. The minimum absolute atomic E-state index is 0.0148. The lowest BCUT2D eigenvalue weighted by molar-refractivity contribution is -0.670. The van der Waals surface area contributed by atoms with Gasteiger partial charge in [-0.3, -0.25) is 14.5 Å². The van der Waals surface area contributed by atoms with Crippen molar-refractivity contribution in [1.29, 1.82) is 0 Å². The zero-order valence-electron chi connectivity index (χ0n) is 23.8. The molecule has 0 bridgehead atoms. The van der Waals surface area contributed by atoms with Crippen LogP contribution in [0, 0.1) is 11.3 Å². The summed E-state index contributed by atoms with van der Waals surface area (Å²) in [4.78, 5) is 30.7. The van der Waals surface area contributed by atoms with E-state index in [9.17, 15) is 14.7 Å². The summed E-state index contributed by atoms with van der Waals surface area (Å²) in [6, 6.07) is 9.28. The monoisotopic (exact) mass is 536 g/mol. The molecule has 2 aliphatic heterocycles. The largest absolute Gasteiger partial charge is 0.481 e. The van der Waals surface area contributed by atoms with Crippen molar-refractivity contribution >= 4 is 17.6 Å². The first kappa shape index (κ1) is 28.6. The molecule has 2 aliphatic rings. The molecule has 1 N–H and O–H groups in total. The maximum atomic E-state index is 13.9. The molecule has 0 radical (unpaired) electrons. The van der Waals surface area contributed by atoms with Gasteiger partial charge in [-0.25, -0.2) is 4.57 Å². The number of likely N-dealkylation sites (tertiary alicyclic amines) is 1. The fourth-order valence-corrected chi connectivity index (χ4v) is 5.99. The number of allylic oxidation sites excluding steroid dienone is 2. The number of benzene rings is 1. The maximum Gasteiger partial charge on any atom is 0.308 e. The first-order valence-electron chi connectivity index (χ1n) is 13.9. The minimum atomic E-state index is -0.841. The number of ether oxygens (including phenoxy) is 2. The van der Waals surface area contributed by atoms with Gasteiger partial charge in [-0.1, -0.05) is 45.4 Å². The van der Waals surface area contributed by atoms with Gasteiger partial charge < -0.3 is 19.5 Å². The van der Waals surface area contributed by atoms with Crippen LogP contribution in [0.1, 0.15) is 58.4 Å². The van der Waals surface area contributed by atoms with Crippen LogP contribution in [0.4, 0.5) is 5.69 Å². The van der Waals surface area contributed by atoms with Crippen molar-refractivity contribution in [1.82, 2.24) is 4.90 Å². The fourth-order valence-electron chi connectivity index (χ4n) is 5.99. The SMILES string of the molecule is CC=CC(C)(C)C[C@H]1C(C(=O)O)[C@@H](c2ccc3c(c2)OCO3)CN1CC(=O)N(CCCC)c1ccc[n+](C)c1. The van der Waals surface area contributed by atoms with Gasteiger partial charge in [0.1, 0.15) is 12.7 Å². The molecule has 8 heteroatoms. The molecule has 3 atom stereocenters.